The fourth-order valence-electron chi connectivity index (χ4n) is 4.03. The highest BCUT2D eigenvalue weighted by molar-refractivity contribution is 9.11. The number of benzene rings is 1. The molecule has 1 aliphatic rings. The number of rotatable bonds is 4. The molecule has 0 spiro atoms. The standard InChI is InChI=1S/C25H18Br2N4O4/c1-13-21-18(30-31-24(32)14-10-15(26)12-28-11-14)5-2-6-19(21)34-23(13)25(33)35-20-8-7-17(27)16-4-3-9-29-22(16)20/h3-4,7-12H,2,5-6H2,1H3,(H,31,32)/b30-18+. The summed E-state index contributed by atoms with van der Waals surface area (Å²) in [6, 6.07) is 8.86. The van der Waals surface area contributed by atoms with E-state index < -0.39 is 5.97 Å². The van der Waals surface area contributed by atoms with E-state index in [-0.39, 0.29) is 11.7 Å². The number of esters is 1. The van der Waals surface area contributed by atoms with Crippen molar-refractivity contribution in [3.63, 3.8) is 0 Å². The lowest BCUT2D eigenvalue weighted by Gasteiger charge is -2.13. The van der Waals surface area contributed by atoms with E-state index in [4.69, 9.17) is 9.15 Å². The maximum Gasteiger partial charge on any atom is 0.380 e. The van der Waals surface area contributed by atoms with Gasteiger partial charge in [0.15, 0.2) is 5.75 Å². The normalized spacial score (nSPS) is 14.1. The van der Waals surface area contributed by atoms with Gasteiger partial charge in [0, 0.05) is 50.5 Å². The second-order valence-electron chi connectivity index (χ2n) is 7.93. The summed E-state index contributed by atoms with van der Waals surface area (Å²) < 4.78 is 13.2. The summed E-state index contributed by atoms with van der Waals surface area (Å²) in [5, 5.41) is 5.18. The highest BCUT2D eigenvalue weighted by Crippen LogP contribution is 2.33. The van der Waals surface area contributed by atoms with Crippen LogP contribution < -0.4 is 10.2 Å². The summed E-state index contributed by atoms with van der Waals surface area (Å²) in [6.45, 7) is 1.79. The van der Waals surface area contributed by atoms with Crippen molar-refractivity contribution in [1.29, 1.82) is 0 Å². The molecule has 0 saturated carbocycles. The minimum Gasteiger partial charge on any atom is -0.453 e. The second-order valence-corrected chi connectivity index (χ2v) is 9.70. The zero-order valence-corrected chi connectivity index (χ0v) is 21.6. The lowest BCUT2D eigenvalue weighted by Crippen LogP contribution is -2.22. The molecular formula is C25H18Br2N4O4. The molecule has 1 aliphatic carbocycles. The first-order valence-electron chi connectivity index (χ1n) is 10.8. The van der Waals surface area contributed by atoms with Gasteiger partial charge < -0.3 is 9.15 Å². The molecule has 10 heteroatoms. The van der Waals surface area contributed by atoms with Crippen molar-refractivity contribution in [2.24, 2.45) is 5.10 Å². The SMILES string of the molecule is Cc1c(C(=O)Oc2ccc(Br)c3cccnc23)oc2c1/C(=N/NC(=O)c1cncc(Br)c1)CCC2. The predicted octanol–water partition coefficient (Wildman–Crippen LogP) is 5.75. The minimum absolute atomic E-state index is 0.110. The topological polar surface area (TPSA) is 107 Å². The summed E-state index contributed by atoms with van der Waals surface area (Å²) >= 11 is 6.80. The first-order valence-corrected chi connectivity index (χ1v) is 12.4. The fraction of sp³-hybridized carbons (Fsp3) is 0.160. The summed E-state index contributed by atoms with van der Waals surface area (Å²) in [5.74, 6) is 0.102. The Labute approximate surface area is 217 Å². The highest BCUT2D eigenvalue weighted by atomic mass is 79.9. The third-order valence-corrected chi connectivity index (χ3v) is 6.78. The second kappa shape index (κ2) is 9.71. The molecule has 3 aromatic heterocycles. The lowest BCUT2D eigenvalue weighted by atomic mass is 9.93. The average Bonchev–Trinajstić information content (AvgIpc) is 3.21. The Bertz CT molecular complexity index is 1510. The fourth-order valence-corrected chi connectivity index (χ4v) is 4.85. The number of hydrazone groups is 1. The molecule has 4 aromatic rings. The van der Waals surface area contributed by atoms with Crippen LogP contribution in [-0.4, -0.2) is 27.6 Å². The number of furan rings is 1. The number of aryl methyl sites for hydroxylation is 1. The zero-order chi connectivity index (χ0) is 24.5. The molecule has 1 aromatic carbocycles. The van der Waals surface area contributed by atoms with Crippen LogP contribution in [0.15, 0.2) is 67.4 Å². The lowest BCUT2D eigenvalue weighted by molar-refractivity contribution is 0.0700. The van der Waals surface area contributed by atoms with Crippen molar-refractivity contribution >= 4 is 60.4 Å². The molecule has 0 radical (unpaired) electrons. The Morgan fingerprint density at radius 1 is 1.17 bits per heavy atom. The van der Waals surface area contributed by atoms with Gasteiger partial charge in [0.25, 0.3) is 5.91 Å². The number of amides is 1. The van der Waals surface area contributed by atoms with Crippen molar-refractivity contribution in [3.8, 4) is 5.75 Å². The van der Waals surface area contributed by atoms with E-state index in [2.05, 4.69) is 52.4 Å². The average molecular weight is 598 g/mol. The molecule has 0 fully saturated rings. The number of halogens is 2. The van der Waals surface area contributed by atoms with Gasteiger partial charge in [-0.3, -0.25) is 14.8 Å². The largest absolute Gasteiger partial charge is 0.453 e. The van der Waals surface area contributed by atoms with E-state index in [1.54, 1.807) is 37.5 Å². The van der Waals surface area contributed by atoms with Gasteiger partial charge in [0.05, 0.1) is 11.3 Å². The van der Waals surface area contributed by atoms with Crippen LogP contribution in [0.3, 0.4) is 0 Å². The molecule has 1 amide bonds. The monoisotopic (exact) mass is 596 g/mol. The number of pyridine rings is 2. The molecule has 1 N–H and O–H groups in total. The number of carbonyl (C=O) groups is 2. The summed E-state index contributed by atoms with van der Waals surface area (Å²) in [4.78, 5) is 33.9. The van der Waals surface area contributed by atoms with Gasteiger partial charge >= 0.3 is 5.97 Å². The van der Waals surface area contributed by atoms with Crippen LogP contribution in [0, 0.1) is 6.92 Å². The molecule has 0 saturated heterocycles. The Morgan fingerprint density at radius 3 is 2.86 bits per heavy atom. The Morgan fingerprint density at radius 2 is 2.03 bits per heavy atom. The van der Waals surface area contributed by atoms with Crippen molar-refractivity contribution in [1.82, 2.24) is 15.4 Å². The Hall–Kier alpha value is -3.37. The number of nitrogens with zero attached hydrogens (tertiary/aromatic N) is 3. The van der Waals surface area contributed by atoms with Crippen LogP contribution in [0.25, 0.3) is 10.9 Å². The van der Waals surface area contributed by atoms with Gasteiger partial charge in [-0.25, -0.2) is 10.2 Å². The van der Waals surface area contributed by atoms with E-state index in [9.17, 15) is 9.59 Å². The van der Waals surface area contributed by atoms with Gasteiger partial charge in [0.1, 0.15) is 11.3 Å². The van der Waals surface area contributed by atoms with E-state index in [1.807, 2.05) is 12.1 Å². The summed E-state index contributed by atoms with van der Waals surface area (Å²) in [6.07, 6.45) is 6.78. The molecule has 3 heterocycles. The van der Waals surface area contributed by atoms with Crippen LogP contribution in [0.5, 0.6) is 5.75 Å². The van der Waals surface area contributed by atoms with Gasteiger partial charge in [-0.2, -0.15) is 5.10 Å². The predicted molar refractivity (Wildman–Crippen MR) is 137 cm³/mol. The number of aromatic nitrogens is 2. The highest BCUT2D eigenvalue weighted by Gasteiger charge is 2.29. The number of hydrogen-bond acceptors (Lipinski definition) is 7. The number of nitrogens with one attached hydrogen (secondary N) is 1. The molecule has 0 aliphatic heterocycles. The number of hydrogen-bond donors (Lipinski definition) is 1. The first kappa shape index (κ1) is 23.4. The van der Waals surface area contributed by atoms with Crippen LogP contribution in [-0.2, 0) is 6.42 Å². The minimum atomic E-state index is -0.616. The number of fused-ring (bicyclic) bond motifs is 2. The quantitative estimate of drug-likeness (QED) is 0.182. The van der Waals surface area contributed by atoms with Crippen LogP contribution in [0.2, 0.25) is 0 Å². The van der Waals surface area contributed by atoms with Crippen LogP contribution in [0.1, 0.15) is 50.6 Å². The van der Waals surface area contributed by atoms with Gasteiger partial charge in [-0.1, -0.05) is 22.0 Å². The van der Waals surface area contributed by atoms with Gasteiger partial charge in [-0.15, -0.1) is 0 Å². The molecule has 8 nitrogen and oxygen atoms in total. The molecule has 0 atom stereocenters. The Balaban J connectivity index is 1.42. The number of ether oxygens (including phenoxy) is 1. The molecular weight excluding hydrogens is 580 g/mol. The van der Waals surface area contributed by atoms with E-state index >= 15 is 0 Å². The molecule has 35 heavy (non-hydrogen) atoms. The van der Waals surface area contributed by atoms with Gasteiger partial charge in [0.2, 0.25) is 5.76 Å². The molecule has 0 unspecified atom stereocenters. The Kier molecular flexibility index (Phi) is 6.48. The molecule has 176 valence electrons. The summed E-state index contributed by atoms with van der Waals surface area (Å²) in [5.41, 5.74) is 5.53. The van der Waals surface area contributed by atoms with Crippen molar-refractivity contribution < 1.29 is 18.7 Å². The molecule has 0 bridgehead atoms. The van der Waals surface area contributed by atoms with Gasteiger partial charge in [-0.05, 0) is 60.0 Å². The summed E-state index contributed by atoms with van der Waals surface area (Å²) in [7, 11) is 0. The van der Waals surface area contributed by atoms with Crippen molar-refractivity contribution in [3.05, 3.63) is 86.1 Å². The van der Waals surface area contributed by atoms with Crippen LogP contribution >= 0.6 is 31.9 Å². The van der Waals surface area contributed by atoms with Crippen molar-refractivity contribution in [2.45, 2.75) is 26.2 Å². The maximum absolute atomic E-state index is 13.1. The van der Waals surface area contributed by atoms with E-state index in [0.717, 1.165) is 21.8 Å². The number of carbonyl (C=O) groups excluding carboxylic acids is 2. The maximum atomic E-state index is 13.1. The van der Waals surface area contributed by atoms with Crippen LogP contribution in [0.4, 0.5) is 0 Å². The zero-order valence-electron chi connectivity index (χ0n) is 18.5. The first-order chi connectivity index (χ1) is 16.9. The van der Waals surface area contributed by atoms with E-state index in [1.165, 1.54) is 6.20 Å². The van der Waals surface area contributed by atoms with Crippen molar-refractivity contribution in [2.75, 3.05) is 0 Å². The third kappa shape index (κ3) is 4.63. The molecule has 5 rings (SSSR count). The smallest absolute Gasteiger partial charge is 0.380 e. The van der Waals surface area contributed by atoms with E-state index in [0.29, 0.717) is 51.2 Å². The third-order valence-electron chi connectivity index (χ3n) is 5.65.